The monoisotopic (exact) mass is 253 g/mol. The highest BCUT2D eigenvalue weighted by molar-refractivity contribution is 4.86. The second kappa shape index (κ2) is 6.91. The Morgan fingerprint density at radius 2 is 2.00 bits per heavy atom. The highest BCUT2D eigenvalue weighted by Crippen LogP contribution is 2.36. The van der Waals surface area contributed by atoms with E-state index in [0.717, 1.165) is 30.9 Å². The van der Waals surface area contributed by atoms with Gasteiger partial charge in [-0.2, -0.15) is 0 Å². The third-order valence-electron chi connectivity index (χ3n) is 5.21. The van der Waals surface area contributed by atoms with Crippen molar-refractivity contribution in [2.45, 2.75) is 71.4 Å². The lowest BCUT2D eigenvalue weighted by Crippen LogP contribution is -2.41. The average Bonchev–Trinajstić information content (AvgIpc) is 2.85. The van der Waals surface area contributed by atoms with Crippen LogP contribution in [-0.2, 0) is 4.74 Å². The molecule has 1 heterocycles. The van der Waals surface area contributed by atoms with Gasteiger partial charge in [-0.05, 0) is 56.4 Å². The van der Waals surface area contributed by atoms with Gasteiger partial charge in [0.2, 0.25) is 0 Å². The predicted octanol–water partition coefficient (Wildman–Crippen LogP) is 3.61. The van der Waals surface area contributed by atoms with Crippen molar-refractivity contribution in [1.82, 2.24) is 5.32 Å². The quantitative estimate of drug-likeness (QED) is 0.808. The van der Waals surface area contributed by atoms with Gasteiger partial charge in [-0.1, -0.05) is 27.2 Å². The molecule has 2 heteroatoms. The van der Waals surface area contributed by atoms with Crippen molar-refractivity contribution in [2.75, 3.05) is 13.2 Å². The molecule has 1 aliphatic carbocycles. The lowest BCUT2D eigenvalue weighted by molar-refractivity contribution is 0.0754. The van der Waals surface area contributed by atoms with Crippen LogP contribution in [0.15, 0.2) is 0 Å². The molecule has 2 fully saturated rings. The van der Waals surface area contributed by atoms with Crippen LogP contribution < -0.4 is 5.32 Å². The maximum absolute atomic E-state index is 5.83. The molecule has 0 aromatic rings. The van der Waals surface area contributed by atoms with Crippen LogP contribution in [0.5, 0.6) is 0 Å². The molecule has 1 N–H and O–H groups in total. The van der Waals surface area contributed by atoms with Crippen LogP contribution in [0, 0.1) is 17.8 Å². The Morgan fingerprint density at radius 3 is 2.61 bits per heavy atom. The molecule has 0 aromatic heterocycles. The fourth-order valence-electron chi connectivity index (χ4n) is 3.77. The maximum Gasteiger partial charge on any atom is 0.0590 e. The first kappa shape index (κ1) is 14.3. The maximum atomic E-state index is 5.83. The van der Waals surface area contributed by atoms with E-state index in [2.05, 4.69) is 26.1 Å². The minimum absolute atomic E-state index is 0.531. The highest BCUT2D eigenvalue weighted by atomic mass is 16.5. The molecule has 2 rings (SSSR count). The van der Waals surface area contributed by atoms with Crippen LogP contribution in [0.2, 0.25) is 0 Å². The van der Waals surface area contributed by atoms with E-state index >= 15 is 0 Å². The van der Waals surface area contributed by atoms with Crippen LogP contribution in [-0.4, -0.2) is 25.3 Å². The summed E-state index contributed by atoms with van der Waals surface area (Å²) < 4.78 is 5.83. The van der Waals surface area contributed by atoms with Gasteiger partial charge in [0.15, 0.2) is 0 Å². The Balaban J connectivity index is 1.87. The van der Waals surface area contributed by atoms with Crippen LogP contribution in [0.3, 0.4) is 0 Å². The zero-order valence-corrected chi connectivity index (χ0v) is 12.5. The molecular weight excluding hydrogens is 222 g/mol. The van der Waals surface area contributed by atoms with Crippen molar-refractivity contribution >= 4 is 0 Å². The molecule has 1 saturated heterocycles. The summed E-state index contributed by atoms with van der Waals surface area (Å²) in [4.78, 5) is 0. The standard InChI is InChI=1S/C16H31NO/c1-4-17-16(11-15-6-5-9-18-15)14-8-7-12(2)13(3)10-14/h12-17H,4-11H2,1-3H3. The van der Waals surface area contributed by atoms with Gasteiger partial charge in [0.05, 0.1) is 6.10 Å². The van der Waals surface area contributed by atoms with Crippen LogP contribution in [0.25, 0.3) is 0 Å². The summed E-state index contributed by atoms with van der Waals surface area (Å²) in [6.45, 7) is 9.17. The predicted molar refractivity (Wildman–Crippen MR) is 76.7 cm³/mol. The van der Waals surface area contributed by atoms with Gasteiger partial charge < -0.3 is 10.1 Å². The van der Waals surface area contributed by atoms with Crippen LogP contribution in [0.1, 0.15) is 59.3 Å². The molecule has 18 heavy (non-hydrogen) atoms. The van der Waals surface area contributed by atoms with Gasteiger partial charge >= 0.3 is 0 Å². The molecule has 0 spiro atoms. The summed E-state index contributed by atoms with van der Waals surface area (Å²) in [7, 11) is 0. The number of hydrogen-bond acceptors (Lipinski definition) is 2. The van der Waals surface area contributed by atoms with Crippen molar-refractivity contribution < 1.29 is 4.74 Å². The molecule has 0 bridgehead atoms. The van der Waals surface area contributed by atoms with Crippen molar-refractivity contribution in [1.29, 1.82) is 0 Å². The van der Waals surface area contributed by atoms with E-state index in [9.17, 15) is 0 Å². The summed E-state index contributed by atoms with van der Waals surface area (Å²) in [6.07, 6.45) is 8.55. The molecule has 1 aliphatic heterocycles. The van der Waals surface area contributed by atoms with Gasteiger partial charge in [-0.25, -0.2) is 0 Å². The Kier molecular flexibility index (Phi) is 5.50. The van der Waals surface area contributed by atoms with Gasteiger partial charge in [-0.15, -0.1) is 0 Å². The normalized spacial score (nSPS) is 38.8. The Hall–Kier alpha value is -0.0800. The third-order valence-corrected chi connectivity index (χ3v) is 5.21. The lowest BCUT2D eigenvalue weighted by Gasteiger charge is -2.38. The van der Waals surface area contributed by atoms with Gasteiger partial charge in [0, 0.05) is 12.6 Å². The van der Waals surface area contributed by atoms with E-state index in [1.807, 2.05) is 0 Å². The number of ether oxygens (including phenoxy) is 1. The van der Waals surface area contributed by atoms with Crippen molar-refractivity contribution in [3.63, 3.8) is 0 Å². The number of rotatable bonds is 5. The molecular formula is C16H31NO. The zero-order chi connectivity index (χ0) is 13.0. The fourth-order valence-corrected chi connectivity index (χ4v) is 3.77. The second-order valence-electron chi connectivity index (χ2n) is 6.56. The summed E-state index contributed by atoms with van der Waals surface area (Å²) in [5.41, 5.74) is 0. The number of nitrogens with one attached hydrogen (secondary N) is 1. The van der Waals surface area contributed by atoms with E-state index in [4.69, 9.17) is 4.74 Å². The zero-order valence-electron chi connectivity index (χ0n) is 12.5. The van der Waals surface area contributed by atoms with Gasteiger partial charge in [-0.3, -0.25) is 0 Å². The Bertz CT molecular complexity index is 237. The van der Waals surface area contributed by atoms with Gasteiger partial charge in [0.25, 0.3) is 0 Å². The Morgan fingerprint density at radius 1 is 1.17 bits per heavy atom. The van der Waals surface area contributed by atoms with Crippen molar-refractivity contribution in [3.8, 4) is 0 Å². The van der Waals surface area contributed by atoms with Crippen LogP contribution >= 0.6 is 0 Å². The summed E-state index contributed by atoms with van der Waals surface area (Å²) in [5.74, 6) is 2.70. The average molecular weight is 253 g/mol. The largest absolute Gasteiger partial charge is 0.378 e. The molecule has 106 valence electrons. The van der Waals surface area contributed by atoms with E-state index in [1.54, 1.807) is 0 Å². The van der Waals surface area contributed by atoms with Crippen LogP contribution in [0.4, 0.5) is 0 Å². The third kappa shape index (κ3) is 3.71. The second-order valence-corrected chi connectivity index (χ2v) is 6.56. The molecule has 5 unspecified atom stereocenters. The van der Waals surface area contributed by atoms with Crippen molar-refractivity contribution in [2.24, 2.45) is 17.8 Å². The SMILES string of the molecule is CCNC(CC1CCCO1)C1CCC(C)C(C)C1. The minimum Gasteiger partial charge on any atom is -0.378 e. The smallest absolute Gasteiger partial charge is 0.0590 e. The first-order valence-corrected chi connectivity index (χ1v) is 8.05. The van der Waals surface area contributed by atoms with E-state index in [1.165, 1.54) is 38.5 Å². The fraction of sp³-hybridized carbons (Fsp3) is 1.00. The molecule has 0 amide bonds. The number of hydrogen-bond donors (Lipinski definition) is 1. The minimum atomic E-state index is 0.531. The van der Waals surface area contributed by atoms with Gasteiger partial charge in [0.1, 0.15) is 0 Å². The summed E-state index contributed by atoms with van der Waals surface area (Å²) in [6, 6.07) is 0.688. The first-order chi connectivity index (χ1) is 8.70. The highest BCUT2D eigenvalue weighted by Gasteiger charge is 2.31. The molecule has 5 atom stereocenters. The summed E-state index contributed by atoms with van der Waals surface area (Å²) in [5, 5.41) is 3.73. The molecule has 2 nitrogen and oxygen atoms in total. The van der Waals surface area contributed by atoms with E-state index in [0.29, 0.717) is 12.1 Å². The summed E-state index contributed by atoms with van der Waals surface area (Å²) >= 11 is 0. The lowest BCUT2D eigenvalue weighted by atomic mass is 9.72. The molecule has 1 saturated carbocycles. The topological polar surface area (TPSA) is 21.3 Å². The van der Waals surface area contributed by atoms with E-state index in [-0.39, 0.29) is 0 Å². The Labute approximate surface area is 113 Å². The van der Waals surface area contributed by atoms with Crippen molar-refractivity contribution in [3.05, 3.63) is 0 Å². The molecule has 2 aliphatic rings. The van der Waals surface area contributed by atoms with E-state index < -0.39 is 0 Å². The molecule has 0 radical (unpaired) electrons. The molecule has 0 aromatic carbocycles. The first-order valence-electron chi connectivity index (χ1n) is 8.05.